The summed E-state index contributed by atoms with van der Waals surface area (Å²) in [5.74, 6) is 0. The van der Waals surface area contributed by atoms with Gasteiger partial charge in [-0.1, -0.05) is 6.07 Å². The quantitative estimate of drug-likeness (QED) is 0.844. The van der Waals surface area contributed by atoms with Gasteiger partial charge in [-0.3, -0.25) is 0 Å². The molecule has 0 bridgehead atoms. The van der Waals surface area contributed by atoms with Crippen molar-refractivity contribution in [2.24, 2.45) is 0 Å². The second kappa shape index (κ2) is 4.49. The maximum Gasteiger partial charge on any atom is 0.262 e. The Morgan fingerprint density at radius 3 is 2.53 bits per heavy atom. The fraction of sp³-hybridized carbons (Fsp3) is 0.125. The number of hydrogen-bond acceptors (Lipinski definition) is 4. The van der Waals surface area contributed by atoms with Crippen LogP contribution in [-0.4, -0.2) is 13.5 Å². The van der Waals surface area contributed by atoms with E-state index in [9.17, 15) is 8.42 Å². The molecule has 0 aliphatic carbocycles. The van der Waals surface area contributed by atoms with Crippen molar-refractivity contribution >= 4 is 35.7 Å². The minimum Gasteiger partial charge on any atom is -0.392 e. The van der Waals surface area contributed by atoms with Gasteiger partial charge in [-0.15, -0.1) is 0 Å². The molecule has 0 heterocycles. The van der Waals surface area contributed by atoms with Crippen LogP contribution in [0.4, 0.5) is 0 Å². The fourth-order valence-electron chi connectivity index (χ4n) is 1.03. The van der Waals surface area contributed by atoms with Crippen molar-refractivity contribution in [2.45, 2.75) is 11.5 Å². The highest BCUT2D eigenvalue weighted by Crippen LogP contribution is 2.29. The predicted octanol–water partition coefficient (Wildman–Crippen LogP) is 1.74. The summed E-state index contributed by atoms with van der Waals surface area (Å²) in [6.07, 6.45) is 0. The lowest BCUT2D eigenvalue weighted by molar-refractivity contribution is 0.281. The highest BCUT2D eigenvalue weighted by Gasteiger charge is 2.19. The van der Waals surface area contributed by atoms with E-state index in [0.29, 0.717) is 5.56 Å². The average Bonchev–Trinajstić information content (AvgIpc) is 2.15. The lowest BCUT2D eigenvalue weighted by Crippen LogP contribution is -1.99. The van der Waals surface area contributed by atoms with Gasteiger partial charge in [0, 0.05) is 15.2 Å². The summed E-state index contributed by atoms with van der Waals surface area (Å²) in [6, 6.07) is 4.30. The van der Waals surface area contributed by atoms with Gasteiger partial charge in [0.25, 0.3) is 9.05 Å². The Labute approximate surface area is 99.6 Å². The number of nitriles is 1. The lowest BCUT2D eigenvalue weighted by Gasteiger charge is -2.05. The Bertz CT molecular complexity index is 536. The van der Waals surface area contributed by atoms with Crippen molar-refractivity contribution in [3.63, 3.8) is 0 Å². The largest absolute Gasteiger partial charge is 0.392 e. The summed E-state index contributed by atoms with van der Waals surface area (Å²) in [5.41, 5.74) is 0.326. The van der Waals surface area contributed by atoms with Crippen LogP contribution in [0.15, 0.2) is 21.5 Å². The van der Waals surface area contributed by atoms with Crippen LogP contribution in [0.25, 0.3) is 0 Å². The molecule has 0 fully saturated rings. The summed E-state index contributed by atoms with van der Waals surface area (Å²) in [7, 11) is 1.19. The van der Waals surface area contributed by atoms with Gasteiger partial charge in [0.05, 0.1) is 12.2 Å². The Morgan fingerprint density at radius 1 is 1.53 bits per heavy atom. The van der Waals surface area contributed by atoms with Crippen molar-refractivity contribution in [3.8, 4) is 6.07 Å². The number of aliphatic hydroxyl groups excluding tert-OH is 1. The minimum atomic E-state index is -3.95. The number of hydrogen-bond donors (Lipinski definition) is 1. The first-order chi connectivity index (χ1) is 6.91. The van der Waals surface area contributed by atoms with Gasteiger partial charge >= 0.3 is 0 Å². The molecule has 0 spiro atoms. The van der Waals surface area contributed by atoms with E-state index in [0.717, 1.165) is 0 Å². The van der Waals surface area contributed by atoms with Crippen LogP contribution in [0.5, 0.6) is 0 Å². The van der Waals surface area contributed by atoms with Crippen molar-refractivity contribution in [3.05, 3.63) is 27.7 Å². The normalized spacial score (nSPS) is 11.1. The molecule has 0 amide bonds. The molecule has 1 rings (SSSR count). The third kappa shape index (κ3) is 2.49. The van der Waals surface area contributed by atoms with Gasteiger partial charge in [0.15, 0.2) is 0 Å². The average molecular weight is 311 g/mol. The van der Waals surface area contributed by atoms with Gasteiger partial charge < -0.3 is 5.11 Å². The molecule has 0 radical (unpaired) electrons. The number of benzene rings is 1. The van der Waals surface area contributed by atoms with Gasteiger partial charge in [0.1, 0.15) is 11.0 Å². The molecule has 1 aromatic carbocycles. The molecule has 0 aromatic heterocycles. The van der Waals surface area contributed by atoms with Crippen LogP contribution in [0, 0.1) is 11.3 Å². The molecular formula is C8H5BrClNO3S. The van der Waals surface area contributed by atoms with Crippen LogP contribution in [0.1, 0.15) is 11.1 Å². The highest BCUT2D eigenvalue weighted by molar-refractivity contribution is 9.10. The van der Waals surface area contributed by atoms with Crippen molar-refractivity contribution in [2.75, 3.05) is 0 Å². The fourth-order valence-corrected chi connectivity index (χ4v) is 2.73. The standard InChI is InChI=1S/C8H5BrClNO3S/c9-8-5(4-12)1-2-7(6(8)3-11)15(10,13)14/h1-2,12H,4H2. The molecule has 15 heavy (non-hydrogen) atoms. The number of rotatable bonds is 2. The first kappa shape index (κ1) is 12.5. The third-order valence-corrected chi connectivity index (χ3v) is 4.00. The van der Waals surface area contributed by atoms with E-state index >= 15 is 0 Å². The molecule has 0 saturated heterocycles. The smallest absolute Gasteiger partial charge is 0.262 e. The second-order valence-corrected chi connectivity index (χ2v) is 5.95. The molecule has 0 aliphatic rings. The van der Waals surface area contributed by atoms with Gasteiger partial charge in [-0.2, -0.15) is 5.26 Å². The van der Waals surface area contributed by atoms with Crippen molar-refractivity contribution in [1.29, 1.82) is 5.26 Å². The summed E-state index contributed by atoms with van der Waals surface area (Å²) >= 11 is 3.04. The van der Waals surface area contributed by atoms with Crippen LogP contribution in [0.2, 0.25) is 0 Å². The third-order valence-electron chi connectivity index (χ3n) is 1.73. The zero-order valence-electron chi connectivity index (χ0n) is 7.24. The van der Waals surface area contributed by atoms with Crippen LogP contribution in [0.3, 0.4) is 0 Å². The molecule has 80 valence electrons. The number of aliphatic hydroxyl groups is 1. The molecule has 7 heteroatoms. The van der Waals surface area contributed by atoms with E-state index in [2.05, 4.69) is 15.9 Å². The Kier molecular flexibility index (Phi) is 3.73. The summed E-state index contributed by atoms with van der Waals surface area (Å²) < 4.78 is 22.4. The topological polar surface area (TPSA) is 78.2 Å². The van der Waals surface area contributed by atoms with Crippen LogP contribution < -0.4 is 0 Å². The lowest BCUT2D eigenvalue weighted by atomic mass is 10.1. The van der Waals surface area contributed by atoms with E-state index < -0.39 is 9.05 Å². The minimum absolute atomic E-state index is 0.100. The molecule has 0 saturated carbocycles. The van der Waals surface area contributed by atoms with Gasteiger partial charge in [-0.05, 0) is 27.6 Å². The highest BCUT2D eigenvalue weighted by atomic mass is 79.9. The predicted molar refractivity (Wildman–Crippen MR) is 57.8 cm³/mol. The maximum atomic E-state index is 11.1. The second-order valence-electron chi connectivity index (χ2n) is 2.62. The Morgan fingerprint density at radius 2 is 2.13 bits per heavy atom. The van der Waals surface area contributed by atoms with E-state index in [1.165, 1.54) is 12.1 Å². The van der Waals surface area contributed by atoms with E-state index in [-0.39, 0.29) is 21.5 Å². The molecule has 1 N–H and O–H groups in total. The summed E-state index contributed by atoms with van der Waals surface area (Å²) in [6.45, 7) is -0.294. The molecule has 4 nitrogen and oxygen atoms in total. The monoisotopic (exact) mass is 309 g/mol. The zero-order chi connectivity index (χ0) is 11.6. The zero-order valence-corrected chi connectivity index (χ0v) is 10.4. The number of halogens is 2. The molecule has 0 atom stereocenters. The Balaban J connectivity index is 3.61. The molecular weight excluding hydrogens is 306 g/mol. The first-order valence-electron chi connectivity index (χ1n) is 3.68. The molecule has 0 aliphatic heterocycles. The van der Waals surface area contributed by atoms with E-state index in [1.54, 1.807) is 6.07 Å². The number of nitrogens with zero attached hydrogens (tertiary/aromatic N) is 1. The van der Waals surface area contributed by atoms with Gasteiger partial charge in [0.2, 0.25) is 0 Å². The van der Waals surface area contributed by atoms with Gasteiger partial charge in [-0.25, -0.2) is 8.42 Å². The first-order valence-corrected chi connectivity index (χ1v) is 6.79. The van der Waals surface area contributed by atoms with Crippen molar-refractivity contribution < 1.29 is 13.5 Å². The van der Waals surface area contributed by atoms with Crippen molar-refractivity contribution in [1.82, 2.24) is 0 Å². The van der Waals surface area contributed by atoms with Crippen LogP contribution in [-0.2, 0) is 15.7 Å². The van der Waals surface area contributed by atoms with Crippen LogP contribution >= 0.6 is 26.6 Å². The molecule has 0 unspecified atom stereocenters. The van der Waals surface area contributed by atoms with E-state index in [4.69, 9.17) is 21.1 Å². The van der Waals surface area contributed by atoms with E-state index in [1.807, 2.05) is 0 Å². The summed E-state index contributed by atoms with van der Waals surface area (Å²) in [4.78, 5) is -0.268. The maximum absolute atomic E-state index is 11.1. The SMILES string of the molecule is N#Cc1c(S(=O)(=O)Cl)ccc(CO)c1Br. The Hall–Kier alpha value is -0.610. The molecule has 1 aromatic rings. The summed E-state index contributed by atoms with van der Waals surface area (Å²) in [5, 5.41) is 17.7.